The summed E-state index contributed by atoms with van der Waals surface area (Å²) < 4.78 is 0. The largest absolute Gasteiger partial charge is 0.374 e. The van der Waals surface area contributed by atoms with E-state index in [1.54, 1.807) is 19.1 Å². The van der Waals surface area contributed by atoms with Crippen LogP contribution in [0.15, 0.2) is 54.6 Å². The Morgan fingerprint density at radius 3 is 2.28 bits per heavy atom. The van der Waals surface area contributed by atoms with Crippen LogP contribution in [-0.2, 0) is 16.1 Å². The van der Waals surface area contributed by atoms with Crippen LogP contribution < -0.4 is 10.6 Å². The first kappa shape index (κ1) is 19.0. The maximum Gasteiger partial charge on any atom is 0.374 e. The molecule has 2 aromatic carbocycles. The maximum absolute atomic E-state index is 12.1. The highest BCUT2D eigenvalue weighted by atomic mass is 17.2. The molecule has 0 fully saturated rings. The van der Waals surface area contributed by atoms with E-state index >= 15 is 0 Å². The molecule has 1 unspecified atom stereocenters. The van der Waals surface area contributed by atoms with E-state index in [4.69, 9.17) is 15.5 Å². The van der Waals surface area contributed by atoms with Crippen LogP contribution in [-0.4, -0.2) is 11.5 Å². The normalized spacial score (nSPS) is 13.1. The van der Waals surface area contributed by atoms with Gasteiger partial charge in [0.25, 0.3) is 0 Å². The predicted octanol–water partition coefficient (Wildman–Crippen LogP) is 4.41. The van der Waals surface area contributed by atoms with Gasteiger partial charge in [-0.2, -0.15) is 0 Å². The highest BCUT2D eigenvalue weighted by Gasteiger charge is 2.31. The summed E-state index contributed by atoms with van der Waals surface area (Å²) in [4.78, 5) is 22.1. The van der Waals surface area contributed by atoms with Crippen molar-refractivity contribution in [3.63, 3.8) is 0 Å². The zero-order valence-corrected chi connectivity index (χ0v) is 15.0. The van der Waals surface area contributed by atoms with Crippen molar-refractivity contribution < 1.29 is 14.6 Å². The molecule has 0 aliphatic rings. The summed E-state index contributed by atoms with van der Waals surface area (Å²) in [6, 6.07) is 17.7. The van der Waals surface area contributed by atoms with E-state index in [1.807, 2.05) is 30.3 Å². The summed E-state index contributed by atoms with van der Waals surface area (Å²) in [5.74, 6) is -0.0634. The summed E-state index contributed by atoms with van der Waals surface area (Å²) in [6.45, 7) is 3.79. The molecule has 0 aromatic heterocycles. The van der Waals surface area contributed by atoms with Crippen molar-refractivity contribution in [1.82, 2.24) is 0 Å². The summed E-state index contributed by atoms with van der Waals surface area (Å²) >= 11 is 0. The monoisotopic (exact) mass is 341 g/mol. The molecule has 2 rings (SSSR count). The van der Waals surface area contributed by atoms with Gasteiger partial charge in [0.05, 0.1) is 0 Å². The van der Waals surface area contributed by atoms with Crippen LogP contribution in [0.2, 0.25) is 0 Å². The number of benzene rings is 2. The molecule has 2 N–H and O–H groups in total. The van der Waals surface area contributed by atoms with E-state index < -0.39 is 11.5 Å². The molecule has 0 saturated carbocycles. The highest BCUT2D eigenvalue weighted by Crippen LogP contribution is 2.18. The van der Waals surface area contributed by atoms with Gasteiger partial charge in [-0.1, -0.05) is 68.7 Å². The Balaban J connectivity index is 1.83. The van der Waals surface area contributed by atoms with Gasteiger partial charge in [-0.3, -0.25) is 4.89 Å². The minimum Gasteiger partial charge on any atom is -0.316 e. The van der Waals surface area contributed by atoms with Crippen molar-refractivity contribution in [2.45, 2.75) is 51.5 Å². The third-order valence-electron chi connectivity index (χ3n) is 4.15. The Labute approximate surface area is 149 Å². The summed E-state index contributed by atoms with van der Waals surface area (Å²) in [5.41, 5.74) is 7.40. The zero-order chi connectivity index (χ0) is 18.1. The van der Waals surface area contributed by atoms with Gasteiger partial charge < -0.3 is 5.73 Å². The van der Waals surface area contributed by atoms with Crippen molar-refractivity contribution in [2.75, 3.05) is 0 Å². The van der Waals surface area contributed by atoms with Crippen LogP contribution in [0.1, 0.15) is 50.7 Å². The second kappa shape index (κ2) is 9.23. The lowest BCUT2D eigenvalue weighted by atomic mass is 9.96. The van der Waals surface area contributed by atoms with Crippen molar-refractivity contribution >= 4 is 5.97 Å². The topological polar surface area (TPSA) is 61.6 Å². The third-order valence-corrected chi connectivity index (χ3v) is 4.15. The van der Waals surface area contributed by atoms with E-state index in [0.717, 1.165) is 31.2 Å². The first-order valence-electron chi connectivity index (χ1n) is 8.82. The Kier molecular flexibility index (Phi) is 7.02. The van der Waals surface area contributed by atoms with Crippen molar-refractivity contribution in [3.05, 3.63) is 65.7 Å². The Morgan fingerprint density at radius 2 is 1.64 bits per heavy atom. The average molecular weight is 341 g/mol. The lowest BCUT2D eigenvalue weighted by Crippen LogP contribution is -2.46. The number of carbonyl (C=O) groups excluding carboxylic acids is 1. The Morgan fingerprint density at radius 1 is 1.00 bits per heavy atom. The fourth-order valence-electron chi connectivity index (χ4n) is 2.52. The molecule has 134 valence electrons. The SMILES string of the molecule is CCCCCC(C)(N)C(=O)OOc1ccc(Cc2ccccc2)cc1. The molecule has 25 heavy (non-hydrogen) atoms. The first-order chi connectivity index (χ1) is 12.0. The van der Waals surface area contributed by atoms with Crippen molar-refractivity contribution in [1.29, 1.82) is 0 Å². The Bertz CT molecular complexity index is 651. The molecule has 4 heteroatoms. The van der Waals surface area contributed by atoms with E-state index in [9.17, 15) is 4.79 Å². The van der Waals surface area contributed by atoms with Crippen LogP contribution in [0.4, 0.5) is 0 Å². The van der Waals surface area contributed by atoms with Crippen LogP contribution in [0, 0.1) is 0 Å². The number of rotatable bonds is 9. The molecule has 0 aliphatic heterocycles. The molecule has 4 nitrogen and oxygen atoms in total. The maximum atomic E-state index is 12.1. The summed E-state index contributed by atoms with van der Waals surface area (Å²) in [5, 5.41) is 0. The summed E-state index contributed by atoms with van der Waals surface area (Å²) in [6.07, 6.45) is 4.45. The summed E-state index contributed by atoms with van der Waals surface area (Å²) in [7, 11) is 0. The van der Waals surface area contributed by atoms with Gasteiger partial charge in [0.2, 0.25) is 0 Å². The van der Waals surface area contributed by atoms with Gasteiger partial charge in [0.15, 0.2) is 5.75 Å². The molecule has 0 aliphatic carbocycles. The second-order valence-corrected chi connectivity index (χ2v) is 6.64. The second-order valence-electron chi connectivity index (χ2n) is 6.64. The number of hydrogen-bond acceptors (Lipinski definition) is 4. The minimum absolute atomic E-state index is 0.481. The molecule has 2 aromatic rings. The smallest absolute Gasteiger partial charge is 0.316 e. The molecule has 0 amide bonds. The van der Waals surface area contributed by atoms with Crippen molar-refractivity contribution in [2.24, 2.45) is 5.73 Å². The molecular formula is C21H27NO3. The fourth-order valence-corrected chi connectivity index (χ4v) is 2.52. The first-order valence-corrected chi connectivity index (χ1v) is 8.82. The van der Waals surface area contributed by atoms with Crippen LogP contribution in [0.3, 0.4) is 0 Å². The molecule has 0 bridgehead atoms. The van der Waals surface area contributed by atoms with Gasteiger partial charge in [-0.15, -0.1) is 0 Å². The minimum atomic E-state index is -1.03. The lowest BCUT2D eigenvalue weighted by Gasteiger charge is -2.21. The van der Waals surface area contributed by atoms with E-state index in [1.165, 1.54) is 5.56 Å². The number of nitrogens with two attached hydrogens (primary N) is 1. The van der Waals surface area contributed by atoms with E-state index in [-0.39, 0.29) is 0 Å². The molecule has 0 radical (unpaired) electrons. The van der Waals surface area contributed by atoms with Crippen LogP contribution in [0.25, 0.3) is 0 Å². The van der Waals surface area contributed by atoms with Crippen LogP contribution in [0.5, 0.6) is 5.75 Å². The number of unbranched alkanes of at least 4 members (excludes halogenated alkanes) is 2. The van der Waals surface area contributed by atoms with Gasteiger partial charge in [0.1, 0.15) is 5.54 Å². The van der Waals surface area contributed by atoms with Gasteiger partial charge in [-0.05, 0) is 43.0 Å². The van der Waals surface area contributed by atoms with Gasteiger partial charge in [0, 0.05) is 0 Å². The van der Waals surface area contributed by atoms with E-state index in [0.29, 0.717) is 12.2 Å². The molecule has 0 saturated heterocycles. The molecular weight excluding hydrogens is 314 g/mol. The zero-order valence-electron chi connectivity index (χ0n) is 15.0. The highest BCUT2D eigenvalue weighted by molar-refractivity contribution is 5.79. The number of carbonyl (C=O) groups is 1. The van der Waals surface area contributed by atoms with Crippen LogP contribution >= 0.6 is 0 Å². The molecule has 0 spiro atoms. The standard InChI is InChI=1S/C21H27NO3/c1-3-4-8-15-21(2,22)20(23)25-24-19-13-11-18(12-14-19)16-17-9-6-5-7-10-17/h5-7,9-14H,3-4,8,15-16,22H2,1-2H3. The van der Waals surface area contributed by atoms with Gasteiger partial charge >= 0.3 is 5.97 Å². The van der Waals surface area contributed by atoms with Crippen molar-refractivity contribution in [3.8, 4) is 5.75 Å². The van der Waals surface area contributed by atoms with Gasteiger partial charge in [-0.25, -0.2) is 9.68 Å². The average Bonchev–Trinajstić information content (AvgIpc) is 2.62. The third kappa shape index (κ3) is 6.24. The molecule has 1 atom stereocenters. The lowest BCUT2D eigenvalue weighted by molar-refractivity contribution is -0.219. The molecule has 0 heterocycles. The van der Waals surface area contributed by atoms with E-state index in [2.05, 4.69) is 19.1 Å². The Hall–Kier alpha value is -2.33. The number of hydrogen-bond donors (Lipinski definition) is 1. The quantitative estimate of drug-likeness (QED) is 0.417. The fraction of sp³-hybridized carbons (Fsp3) is 0.381. The predicted molar refractivity (Wildman–Crippen MR) is 99.1 cm³/mol.